The molecule has 2 aromatic rings. The summed E-state index contributed by atoms with van der Waals surface area (Å²) in [6.45, 7) is 6.49. The van der Waals surface area contributed by atoms with Crippen molar-refractivity contribution in [1.29, 1.82) is 0 Å². The quantitative estimate of drug-likeness (QED) is 0.902. The molecular weight excluding hydrogens is 314 g/mol. The number of phenols is 1. The van der Waals surface area contributed by atoms with Crippen LogP contribution in [0.2, 0.25) is 0 Å². The summed E-state index contributed by atoms with van der Waals surface area (Å²) in [6, 6.07) is 5.18. The van der Waals surface area contributed by atoms with Gasteiger partial charge in [0.1, 0.15) is 11.6 Å². The Morgan fingerprint density at radius 3 is 3.04 bits per heavy atom. The molecule has 1 N–H and O–H groups in total. The maximum absolute atomic E-state index is 12.9. The molecule has 134 valence electrons. The summed E-state index contributed by atoms with van der Waals surface area (Å²) < 4.78 is 2.23. The summed E-state index contributed by atoms with van der Waals surface area (Å²) in [6.07, 6.45) is 8.20. The molecule has 1 aliphatic rings. The number of benzene rings is 1. The number of aromatic nitrogens is 2. The molecule has 1 aliphatic heterocycles. The van der Waals surface area contributed by atoms with Crippen LogP contribution in [0.3, 0.4) is 0 Å². The number of amides is 1. The first kappa shape index (κ1) is 17.5. The van der Waals surface area contributed by atoms with Crippen LogP contribution in [-0.2, 0) is 6.54 Å². The van der Waals surface area contributed by atoms with Gasteiger partial charge in [0.05, 0.1) is 5.56 Å². The second kappa shape index (κ2) is 7.72. The second-order valence-electron chi connectivity index (χ2n) is 6.94. The first-order valence-corrected chi connectivity index (χ1v) is 9.20. The highest BCUT2D eigenvalue weighted by Crippen LogP contribution is 2.28. The number of carbonyl (C=O) groups is 1. The largest absolute Gasteiger partial charge is 0.507 e. The Balaban J connectivity index is 1.76. The lowest BCUT2D eigenvalue weighted by Crippen LogP contribution is -2.39. The lowest BCUT2D eigenvalue weighted by molar-refractivity contribution is 0.0700. The van der Waals surface area contributed by atoms with Crippen LogP contribution in [0.5, 0.6) is 5.75 Å². The summed E-state index contributed by atoms with van der Waals surface area (Å²) in [5, 5.41) is 10.1. The Labute approximate surface area is 149 Å². The molecule has 0 bridgehead atoms. The van der Waals surface area contributed by atoms with Crippen LogP contribution >= 0.6 is 0 Å². The van der Waals surface area contributed by atoms with Crippen molar-refractivity contribution < 1.29 is 9.90 Å². The Morgan fingerprint density at radius 2 is 2.24 bits per heavy atom. The molecule has 5 heteroatoms. The number of aromatic hydroxyl groups is 1. The van der Waals surface area contributed by atoms with E-state index >= 15 is 0 Å². The lowest BCUT2D eigenvalue weighted by Gasteiger charge is -2.33. The first-order valence-electron chi connectivity index (χ1n) is 9.20. The molecule has 1 aromatic carbocycles. The number of phenolic OH excluding ortho intramolecular Hbond substituents is 1. The number of aryl methyl sites for hydroxylation is 2. The van der Waals surface area contributed by atoms with Crippen molar-refractivity contribution >= 4 is 5.91 Å². The SMILES string of the molecule is CCCCn1ccnc1[C@H]1CCCN(C(=O)c2cc(C)ccc2O)C1. The van der Waals surface area contributed by atoms with Gasteiger partial charge in [-0.1, -0.05) is 25.0 Å². The molecule has 2 heterocycles. The maximum atomic E-state index is 12.9. The van der Waals surface area contributed by atoms with Gasteiger partial charge in [0, 0.05) is 37.9 Å². The molecular formula is C20H27N3O2. The second-order valence-corrected chi connectivity index (χ2v) is 6.94. The number of rotatable bonds is 5. The average Bonchev–Trinajstić information content (AvgIpc) is 3.10. The van der Waals surface area contributed by atoms with Gasteiger partial charge in [-0.15, -0.1) is 0 Å². The number of piperidine rings is 1. The van der Waals surface area contributed by atoms with Crippen LogP contribution in [0, 0.1) is 6.92 Å². The minimum atomic E-state index is -0.0856. The van der Waals surface area contributed by atoms with E-state index in [9.17, 15) is 9.90 Å². The van der Waals surface area contributed by atoms with Gasteiger partial charge in [0.2, 0.25) is 0 Å². The number of hydrogen-bond donors (Lipinski definition) is 1. The standard InChI is InChI=1S/C20H27N3O2/c1-3-4-10-22-12-9-21-19(22)16-6-5-11-23(14-16)20(25)17-13-15(2)7-8-18(17)24/h7-9,12-13,16,24H,3-6,10-11,14H2,1-2H3/t16-/m0/s1. The van der Waals surface area contributed by atoms with Crippen LogP contribution in [0.25, 0.3) is 0 Å². The van der Waals surface area contributed by atoms with E-state index in [1.165, 1.54) is 0 Å². The van der Waals surface area contributed by atoms with Crippen molar-refractivity contribution in [3.05, 3.63) is 47.5 Å². The van der Waals surface area contributed by atoms with Crippen LogP contribution in [0.4, 0.5) is 0 Å². The molecule has 3 rings (SSSR count). The lowest BCUT2D eigenvalue weighted by atomic mass is 9.96. The number of unbranched alkanes of at least 4 members (excludes halogenated alkanes) is 1. The van der Waals surface area contributed by atoms with E-state index in [1.54, 1.807) is 12.1 Å². The van der Waals surface area contributed by atoms with Gasteiger partial charge in [-0.05, 0) is 38.3 Å². The van der Waals surface area contributed by atoms with Crippen molar-refractivity contribution in [3.63, 3.8) is 0 Å². The van der Waals surface area contributed by atoms with E-state index in [2.05, 4.69) is 16.5 Å². The molecule has 1 saturated heterocycles. The molecule has 0 aliphatic carbocycles. The molecule has 1 fully saturated rings. The minimum absolute atomic E-state index is 0.0576. The van der Waals surface area contributed by atoms with Gasteiger partial charge < -0.3 is 14.6 Å². The van der Waals surface area contributed by atoms with Crippen LogP contribution in [-0.4, -0.2) is 38.6 Å². The van der Waals surface area contributed by atoms with Crippen molar-refractivity contribution in [3.8, 4) is 5.75 Å². The third kappa shape index (κ3) is 3.86. The fraction of sp³-hybridized carbons (Fsp3) is 0.500. The predicted octanol–water partition coefficient (Wildman–Crippen LogP) is 3.72. The summed E-state index contributed by atoms with van der Waals surface area (Å²) >= 11 is 0. The predicted molar refractivity (Wildman–Crippen MR) is 97.9 cm³/mol. The molecule has 0 unspecified atom stereocenters. The molecule has 25 heavy (non-hydrogen) atoms. The zero-order chi connectivity index (χ0) is 17.8. The molecule has 5 nitrogen and oxygen atoms in total. The topological polar surface area (TPSA) is 58.4 Å². The Kier molecular flexibility index (Phi) is 5.41. The molecule has 0 saturated carbocycles. The summed E-state index contributed by atoms with van der Waals surface area (Å²) in [4.78, 5) is 19.3. The number of imidazole rings is 1. The van der Waals surface area contributed by atoms with Gasteiger partial charge >= 0.3 is 0 Å². The molecule has 1 atom stereocenters. The molecule has 1 aromatic heterocycles. The maximum Gasteiger partial charge on any atom is 0.257 e. The number of likely N-dealkylation sites (tertiary alicyclic amines) is 1. The zero-order valence-corrected chi connectivity index (χ0v) is 15.1. The van der Waals surface area contributed by atoms with Crippen LogP contribution in [0.15, 0.2) is 30.6 Å². The highest BCUT2D eigenvalue weighted by molar-refractivity contribution is 5.97. The van der Waals surface area contributed by atoms with Crippen molar-refractivity contribution in [2.24, 2.45) is 0 Å². The fourth-order valence-electron chi connectivity index (χ4n) is 3.56. The highest BCUT2D eigenvalue weighted by atomic mass is 16.3. The smallest absolute Gasteiger partial charge is 0.257 e. The van der Waals surface area contributed by atoms with Crippen LogP contribution < -0.4 is 0 Å². The third-order valence-electron chi connectivity index (χ3n) is 4.96. The Hall–Kier alpha value is -2.30. The van der Waals surface area contributed by atoms with Gasteiger partial charge in [0.25, 0.3) is 5.91 Å². The zero-order valence-electron chi connectivity index (χ0n) is 15.1. The minimum Gasteiger partial charge on any atom is -0.507 e. The van der Waals surface area contributed by atoms with E-state index in [0.717, 1.165) is 50.2 Å². The number of nitrogens with zero attached hydrogens (tertiary/aromatic N) is 3. The van der Waals surface area contributed by atoms with Crippen LogP contribution in [0.1, 0.15) is 60.3 Å². The van der Waals surface area contributed by atoms with Crippen molar-refractivity contribution in [2.45, 2.75) is 52.0 Å². The van der Waals surface area contributed by atoms with E-state index < -0.39 is 0 Å². The number of hydrogen-bond acceptors (Lipinski definition) is 3. The van der Waals surface area contributed by atoms with E-state index in [0.29, 0.717) is 12.1 Å². The molecule has 0 spiro atoms. The monoisotopic (exact) mass is 341 g/mol. The average molecular weight is 341 g/mol. The molecule has 1 amide bonds. The normalized spacial score (nSPS) is 17.7. The fourth-order valence-corrected chi connectivity index (χ4v) is 3.56. The Morgan fingerprint density at radius 1 is 1.40 bits per heavy atom. The third-order valence-corrected chi connectivity index (χ3v) is 4.96. The summed E-state index contributed by atoms with van der Waals surface area (Å²) in [7, 11) is 0. The van der Waals surface area contributed by atoms with E-state index in [-0.39, 0.29) is 17.6 Å². The van der Waals surface area contributed by atoms with Gasteiger partial charge in [-0.2, -0.15) is 0 Å². The van der Waals surface area contributed by atoms with Gasteiger partial charge in [-0.25, -0.2) is 4.98 Å². The molecule has 0 radical (unpaired) electrons. The highest BCUT2D eigenvalue weighted by Gasteiger charge is 2.29. The van der Waals surface area contributed by atoms with Gasteiger partial charge in [0.15, 0.2) is 0 Å². The van der Waals surface area contributed by atoms with Crippen molar-refractivity contribution in [1.82, 2.24) is 14.5 Å². The van der Waals surface area contributed by atoms with E-state index in [1.807, 2.05) is 30.3 Å². The van der Waals surface area contributed by atoms with E-state index in [4.69, 9.17) is 0 Å². The first-order chi connectivity index (χ1) is 12.1. The van der Waals surface area contributed by atoms with Crippen molar-refractivity contribution in [2.75, 3.05) is 13.1 Å². The Bertz CT molecular complexity index is 738. The number of carbonyl (C=O) groups excluding carboxylic acids is 1. The van der Waals surface area contributed by atoms with Gasteiger partial charge in [-0.3, -0.25) is 4.79 Å². The summed E-state index contributed by atoms with van der Waals surface area (Å²) in [5.74, 6) is 1.32. The summed E-state index contributed by atoms with van der Waals surface area (Å²) in [5.41, 5.74) is 1.37.